The number of thiazole rings is 1. The van der Waals surface area contributed by atoms with Crippen LogP contribution in [0.4, 0.5) is 10.8 Å². The largest absolute Gasteiger partial charge is 0.489 e. The summed E-state index contributed by atoms with van der Waals surface area (Å²) in [5, 5.41) is 3.98. The second kappa shape index (κ2) is 10.5. The third-order valence-corrected chi connectivity index (χ3v) is 7.14. The van der Waals surface area contributed by atoms with Gasteiger partial charge in [-0.05, 0) is 55.0 Å². The van der Waals surface area contributed by atoms with Crippen LogP contribution in [-0.2, 0) is 16.2 Å². The van der Waals surface area contributed by atoms with E-state index in [4.69, 9.17) is 16.3 Å². The fourth-order valence-electron chi connectivity index (χ4n) is 4.15. The van der Waals surface area contributed by atoms with Gasteiger partial charge in [0.1, 0.15) is 12.4 Å². The number of ether oxygens (including phenoxy) is 1. The minimum Gasteiger partial charge on any atom is -0.489 e. The summed E-state index contributed by atoms with van der Waals surface area (Å²) in [5.74, 6) is 0.0187. The Bertz CT molecular complexity index is 1390. The molecule has 1 saturated heterocycles. The normalized spacial score (nSPS) is 15.2. The zero-order valence-corrected chi connectivity index (χ0v) is 21.2. The molecule has 6 nitrogen and oxygen atoms in total. The molecule has 36 heavy (non-hydrogen) atoms. The molecular formula is C28H24ClN3O3S. The Kier molecular flexibility index (Phi) is 7.02. The minimum absolute atomic E-state index is 0.0944. The monoisotopic (exact) mass is 517 g/mol. The predicted molar refractivity (Wildman–Crippen MR) is 144 cm³/mol. The first-order valence-corrected chi connectivity index (χ1v) is 12.8. The van der Waals surface area contributed by atoms with Gasteiger partial charge in [0.25, 0.3) is 0 Å². The number of carbonyl (C=O) groups is 2. The van der Waals surface area contributed by atoms with E-state index in [-0.39, 0.29) is 18.2 Å². The fourth-order valence-corrected chi connectivity index (χ4v) is 5.18. The maximum absolute atomic E-state index is 12.9. The van der Waals surface area contributed by atoms with Gasteiger partial charge in [-0.15, -0.1) is 11.3 Å². The summed E-state index contributed by atoms with van der Waals surface area (Å²) >= 11 is 7.48. The molecule has 8 heteroatoms. The first-order chi connectivity index (χ1) is 17.5. The topological polar surface area (TPSA) is 71.5 Å². The Labute approximate surface area is 218 Å². The molecule has 1 unspecified atom stereocenters. The number of anilines is 2. The molecule has 1 aliphatic heterocycles. The molecule has 1 aliphatic rings. The van der Waals surface area contributed by atoms with E-state index < -0.39 is 5.92 Å². The van der Waals surface area contributed by atoms with Gasteiger partial charge in [0, 0.05) is 34.1 Å². The van der Waals surface area contributed by atoms with Crippen molar-refractivity contribution in [1.29, 1.82) is 0 Å². The number of aryl methyl sites for hydroxylation is 1. The van der Waals surface area contributed by atoms with Gasteiger partial charge in [0.15, 0.2) is 5.13 Å². The Morgan fingerprint density at radius 3 is 2.64 bits per heavy atom. The van der Waals surface area contributed by atoms with Gasteiger partial charge in [-0.3, -0.25) is 9.59 Å². The Balaban J connectivity index is 1.22. The highest BCUT2D eigenvalue weighted by Crippen LogP contribution is 2.33. The molecular weight excluding hydrogens is 494 g/mol. The van der Waals surface area contributed by atoms with Gasteiger partial charge in [-0.2, -0.15) is 0 Å². The molecule has 0 saturated carbocycles. The summed E-state index contributed by atoms with van der Waals surface area (Å²) in [6, 6.07) is 24.9. The van der Waals surface area contributed by atoms with Crippen LogP contribution in [0.15, 0.2) is 78.9 Å². The lowest BCUT2D eigenvalue weighted by Gasteiger charge is -2.16. The Morgan fingerprint density at radius 2 is 1.89 bits per heavy atom. The van der Waals surface area contributed by atoms with Crippen LogP contribution in [0.2, 0.25) is 5.02 Å². The van der Waals surface area contributed by atoms with Gasteiger partial charge < -0.3 is 15.0 Å². The van der Waals surface area contributed by atoms with Crippen molar-refractivity contribution in [2.24, 2.45) is 5.92 Å². The van der Waals surface area contributed by atoms with Crippen molar-refractivity contribution < 1.29 is 14.3 Å². The van der Waals surface area contributed by atoms with Crippen LogP contribution in [0.3, 0.4) is 0 Å². The number of aromatic nitrogens is 1. The molecule has 0 bridgehead atoms. The molecule has 1 N–H and O–H groups in total. The fraction of sp³-hybridized carbons (Fsp3) is 0.179. The van der Waals surface area contributed by atoms with Crippen molar-refractivity contribution in [3.63, 3.8) is 0 Å². The molecule has 4 aromatic rings. The Morgan fingerprint density at radius 1 is 1.11 bits per heavy atom. The molecule has 1 aromatic heterocycles. The second-order valence-electron chi connectivity index (χ2n) is 8.60. The van der Waals surface area contributed by atoms with Gasteiger partial charge in [0.2, 0.25) is 11.8 Å². The summed E-state index contributed by atoms with van der Waals surface area (Å²) in [6.45, 7) is 2.79. The molecule has 2 heterocycles. The van der Waals surface area contributed by atoms with E-state index in [1.165, 1.54) is 11.3 Å². The van der Waals surface area contributed by atoms with Crippen LogP contribution in [0.25, 0.3) is 11.3 Å². The van der Waals surface area contributed by atoms with Gasteiger partial charge in [-0.25, -0.2) is 4.98 Å². The lowest BCUT2D eigenvalue weighted by atomic mass is 10.1. The Hall–Kier alpha value is -3.68. The summed E-state index contributed by atoms with van der Waals surface area (Å²) in [6.07, 6.45) is 0.153. The molecule has 0 spiro atoms. The van der Waals surface area contributed by atoms with Crippen LogP contribution < -0.4 is 15.0 Å². The first kappa shape index (κ1) is 24.0. The molecule has 5 rings (SSSR count). The zero-order chi connectivity index (χ0) is 25.1. The van der Waals surface area contributed by atoms with Crippen molar-refractivity contribution in [2.75, 3.05) is 16.8 Å². The number of halogens is 1. The smallest absolute Gasteiger partial charge is 0.231 e. The second-order valence-corrected chi connectivity index (χ2v) is 10.2. The van der Waals surface area contributed by atoms with Crippen LogP contribution in [-0.4, -0.2) is 23.3 Å². The molecule has 182 valence electrons. The van der Waals surface area contributed by atoms with Crippen LogP contribution in [0.1, 0.15) is 16.9 Å². The lowest BCUT2D eigenvalue weighted by molar-refractivity contribution is -0.122. The van der Waals surface area contributed by atoms with E-state index in [1.807, 2.05) is 67.6 Å². The van der Waals surface area contributed by atoms with Gasteiger partial charge in [0.05, 0.1) is 11.6 Å². The average Bonchev–Trinajstić information content (AvgIpc) is 3.46. The number of hydrogen-bond acceptors (Lipinski definition) is 5. The lowest BCUT2D eigenvalue weighted by Crippen LogP contribution is -2.28. The standard InChI is InChI=1S/C28H24ClN3O3S/c1-18-26(20-10-12-24(13-11-20)35-17-19-6-3-2-4-7-19)30-28(36-18)31-27(34)21-14-25(33)32(16-21)23-9-5-8-22(29)15-23/h2-13,15,21H,14,16-17H2,1H3,(H,30,31,34). The molecule has 0 radical (unpaired) electrons. The van der Waals surface area contributed by atoms with Crippen molar-refractivity contribution >= 4 is 45.6 Å². The van der Waals surface area contributed by atoms with Crippen molar-refractivity contribution in [1.82, 2.24) is 4.98 Å². The summed E-state index contributed by atoms with van der Waals surface area (Å²) in [7, 11) is 0. The number of amides is 2. The first-order valence-electron chi connectivity index (χ1n) is 11.6. The van der Waals surface area contributed by atoms with E-state index in [9.17, 15) is 9.59 Å². The van der Waals surface area contributed by atoms with Crippen LogP contribution >= 0.6 is 22.9 Å². The van der Waals surface area contributed by atoms with Crippen molar-refractivity contribution in [3.8, 4) is 17.0 Å². The minimum atomic E-state index is -0.454. The third-order valence-electron chi connectivity index (χ3n) is 6.02. The third kappa shape index (κ3) is 5.42. The highest BCUT2D eigenvalue weighted by atomic mass is 35.5. The van der Waals surface area contributed by atoms with E-state index in [1.54, 1.807) is 23.1 Å². The van der Waals surface area contributed by atoms with Gasteiger partial charge >= 0.3 is 0 Å². The van der Waals surface area contributed by atoms with E-state index in [0.717, 1.165) is 27.4 Å². The quantitative estimate of drug-likeness (QED) is 0.310. The zero-order valence-electron chi connectivity index (χ0n) is 19.6. The molecule has 3 aromatic carbocycles. The van der Waals surface area contributed by atoms with E-state index in [2.05, 4.69) is 10.3 Å². The average molecular weight is 518 g/mol. The highest BCUT2D eigenvalue weighted by Gasteiger charge is 2.35. The van der Waals surface area contributed by atoms with Crippen LogP contribution in [0, 0.1) is 12.8 Å². The number of rotatable bonds is 7. The number of nitrogens with one attached hydrogen (secondary N) is 1. The molecule has 1 atom stereocenters. The number of nitrogens with zero attached hydrogens (tertiary/aromatic N) is 2. The number of carbonyl (C=O) groups excluding carboxylic acids is 2. The van der Waals surface area contributed by atoms with Crippen molar-refractivity contribution in [3.05, 3.63) is 94.3 Å². The number of benzene rings is 3. The molecule has 1 fully saturated rings. The molecule has 0 aliphatic carbocycles. The molecule has 2 amide bonds. The SMILES string of the molecule is Cc1sc(NC(=O)C2CC(=O)N(c3cccc(Cl)c3)C2)nc1-c1ccc(OCc2ccccc2)cc1. The maximum Gasteiger partial charge on any atom is 0.231 e. The van der Waals surface area contributed by atoms with E-state index >= 15 is 0 Å². The maximum atomic E-state index is 12.9. The number of hydrogen-bond donors (Lipinski definition) is 1. The van der Waals surface area contributed by atoms with Crippen molar-refractivity contribution in [2.45, 2.75) is 20.0 Å². The van der Waals surface area contributed by atoms with Gasteiger partial charge in [-0.1, -0.05) is 48.0 Å². The summed E-state index contributed by atoms with van der Waals surface area (Å²) < 4.78 is 5.87. The predicted octanol–water partition coefficient (Wildman–Crippen LogP) is 6.34. The highest BCUT2D eigenvalue weighted by molar-refractivity contribution is 7.16. The van der Waals surface area contributed by atoms with E-state index in [0.29, 0.717) is 29.0 Å². The summed E-state index contributed by atoms with van der Waals surface area (Å²) in [5.41, 5.74) is 3.57. The van der Waals surface area contributed by atoms with Crippen LogP contribution in [0.5, 0.6) is 5.75 Å². The summed E-state index contributed by atoms with van der Waals surface area (Å²) in [4.78, 5) is 32.7.